The lowest BCUT2D eigenvalue weighted by atomic mass is 10.0. The fraction of sp³-hybridized carbons (Fsp3) is 0.0800. The van der Waals surface area contributed by atoms with Crippen LogP contribution in [0.2, 0.25) is 0 Å². The molecule has 0 radical (unpaired) electrons. The molecule has 0 atom stereocenters. The zero-order valence-electron chi connectivity index (χ0n) is 18.1. The van der Waals surface area contributed by atoms with Crippen molar-refractivity contribution >= 4 is 22.5 Å². The topological polar surface area (TPSA) is 94.8 Å². The maximum Gasteiger partial charge on any atom is 0.256 e. The lowest BCUT2D eigenvalue weighted by molar-refractivity contribution is 0.102. The molecule has 0 unspecified atom stereocenters. The number of methoxy groups -OCH3 is 1. The third kappa shape index (κ3) is 4.01. The molecule has 2 aromatic heterocycles. The van der Waals surface area contributed by atoms with Gasteiger partial charge in [0, 0.05) is 16.6 Å². The van der Waals surface area contributed by atoms with E-state index in [2.05, 4.69) is 20.8 Å². The molecule has 8 heteroatoms. The highest BCUT2D eigenvalue weighted by molar-refractivity contribution is 6.13. The van der Waals surface area contributed by atoms with Gasteiger partial charge in [-0.15, -0.1) is 5.10 Å². The average Bonchev–Trinajstić information content (AvgIpc) is 3.39. The third-order valence-corrected chi connectivity index (χ3v) is 5.41. The smallest absolute Gasteiger partial charge is 0.256 e. The average molecular weight is 436 g/mol. The van der Waals surface area contributed by atoms with Gasteiger partial charge in [0.05, 0.1) is 29.6 Å². The molecular formula is C25H20N6O2. The number of fused-ring (bicyclic) bond motifs is 1. The van der Waals surface area contributed by atoms with Crippen LogP contribution in [0.15, 0.2) is 79.1 Å². The first kappa shape index (κ1) is 20.3. The molecule has 0 fully saturated rings. The van der Waals surface area contributed by atoms with Crippen LogP contribution >= 0.6 is 0 Å². The minimum Gasteiger partial charge on any atom is -0.497 e. The molecule has 0 saturated heterocycles. The summed E-state index contributed by atoms with van der Waals surface area (Å²) >= 11 is 0. The number of rotatable bonds is 5. The minimum atomic E-state index is -0.227. The first-order valence-corrected chi connectivity index (χ1v) is 10.3. The molecular weight excluding hydrogens is 416 g/mol. The number of para-hydroxylation sites is 1. The van der Waals surface area contributed by atoms with Crippen molar-refractivity contribution < 1.29 is 9.53 Å². The summed E-state index contributed by atoms with van der Waals surface area (Å²) in [7, 11) is 1.63. The van der Waals surface area contributed by atoms with Crippen molar-refractivity contribution in [2.45, 2.75) is 6.92 Å². The van der Waals surface area contributed by atoms with Gasteiger partial charge in [-0.1, -0.05) is 24.3 Å². The standard InChI is InChI=1S/C25H20N6O2/c1-16-7-10-18(13-24(16)31-15-26-29-30-31)27-25(32)21-14-23(17-8-11-19(33-2)12-9-17)28-22-6-4-3-5-20(21)22/h3-15H,1-2H3,(H,27,32). The van der Waals surface area contributed by atoms with E-state index in [0.717, 1.165) is 33.5 Å². The van der Waals surface area contributed by atoms with Crippen LogP contribution in [-0.2, 0) is 0 Å². The second-order valence-electron chi connectivity index (χ2n) is 7.51. The SMILES string of the molecule is COc1ccc(-c2cc(C(=O)Nc3ccc(C)c(-n4cnnn4)c3)c3ccccc3n2)cc1. The van der Waals surface area contributed by atoms with Crippen LogP contribution in [0.3, 0.4) is 0 Å². The summed E-state index contributed by atoms with van der Waals surface area (Å²) in [4.78, 5) is 18.2. The monoisotopic (exact) mass is 436 g/mol. The molecule has 0 aliphatic rings. The van der Waals surface area contributed by atoms with Gasteiger partial charge in [0.15, 0.2) is 0 Å². The molecule has 3 aromatic carbocycles. The summed E-state index contributed by atoms with van der Waals surface area (Å²) in [6, 6.07) is 22.6. The van der Waals surface area contributed by atoms with E-state index in [1.54, 1.807) is 11.8 Å². The normalized spacial score (nSPS) is 10.8. The highest BCUT2D eigenvalue weighted by Crippen LogP contribution is 2.27. The number of ether oxygens (including phenoxy) is 1. The summed E-state index contributed by atoms with van der Waals surface area (Å²) in [6.45, 7) is 1.96. The molecule has 5 aromatic rings. The van der Waals surface area contributed by atoms with Crippen LogP contribution in [0, 0.1) is 6.92 Å². The van der Waals surface area contributed by atoms with Gasteiger partial charge < -0.3 is 10.1 Å². The summed E-state index contributed by atoms with van der Waals surface area (Å²) in [5.41, 5.74) is 5.30. The summed E-state index contributed by atoms with van der Waals surface area (Å²) in [5.74, 6) is 0.533. The lowest BCUT2D eigenvalue weighted by Crippen LogP contribution is -2.13. The number of nitrogens with one attached hydrogen (secondary N) is 1. The van der Waals surface area contributed by atoms with Crippen molar-refractivity contribution in [3.05, 3.63) is 90.3 Å². The van der Waals surface area contributed by atoms with E-state index in [0.29, 0.717) is 16.9 Å². The van der Waals surface area contributed by atoms with E-state index in [4.69, 9.17) is 9.72 Å². The van der Waals surface area contributed by atoms with Crippen LogP contribution in [0.4, 0.5) is 5.69 Å². The molecule has 162 valence electrons. The fourth-order valence-electron chi connectivity index (χ4n) is 3.68. The van der Waals surface area contributed by atoms with Crippen molar-refractivity contribution in [1.82, 2.24) is 25.2 Å². The minimum absolute atomic E-state index is 0.227. The van der Waals surface area contributed by atoms with Crippen LogP contribution in [-0.4, -0.2) is 38.2 Å². The number of benzene rings is 3. The number of tetrazole rings is 1. The largest absolute Gasteiger partial charge is 0.497 e. The van der Waals surface area contributed by atoms with E-state index < -0.39 is 0 Å². The van der Waals surface area contributed by atoms with E-state index in [1.807, 2.05) is 79.7 Å². The van der Waals surface area contributed by atoms with Gasteiger partial charge in [-0.05, 0) is 71.4 Å². The molecule has 0 bridgehead atoms. The zero-order chi connectivity index (χ0) is 22.8. The van der Waals surface area contributed by atoms with Gasteiger partial charge in [-0.3, -0.25) is 4.79 Å². The molecule has 0 spiro atoms. The van der Waals surface area contributed by atoms with Gasteiger partial charge >= 0.3 is 0 Å². The van der Waals surface area contributed by atoms with E-state index in [9.17, 15) is 4.79 Å². The van der Waals surface area contributed by atoms with Crippen LogP contribution in [0.1, 0.15) is 15.9 Å². The molecule has 5 rings (SSSR count). The lowest BCUT2D eigenvalue weighted by Gasteiger charge is -2.12. The van der Waals surface area contributed by atoms with Gasteiger partial charge in [0.1, 0.15) is 12.1 Å². The van der Waals surface area contributed by atoms with Crippen molar-refractivity contribution in [1.29, 1.82) is 0 Å². The Labute approximate surface area is 189 Å². The molecule has 1 N–H and O–H groups in total. The quantitative estimate of drug-likeness (QED) is 0.437. The Kier molecular flexibility index (Phi) is 5.24. The number of aryl methyl sites for hydroxylation is 1. The summed E-state index contributed by atoms with van der Waals surface area (Å²) in [5, 5.41) is 15.1. The van der Waals surface area contributed by atoms with Crippen molar-refractivity contribution in [3.63, 3.8) is 0 Å². The molecule has 33 heavy (non-hydrogen) atoms. The van der Waals surface area contributed by atoms with E-state index >= 15 is 0 Å². The fourth-order valence-corrected chi connectivity index (χ4v) is 3.68. The van der Waals surface area contributed by atoms with Crippen LogP contribution in [0.25, 0.3) is 27.8 Å². The number of carbonyl (C=O) groups excluding carboxylic acids is 1. The first-order chi connectivity index (χ1) is 16.1. The van der Waals surface area contributed by atoms with E-state index in [1.165, 1.54) is 6.33 Å². The number of hydrogen-bond acceptors (Lipinski definition) is 6. The highest BCUT2D eigenvalue weighted by Gasteiger charge is 2.15. The Hall–Kier alpha value is -4.59. The summed E-state index contributed by atoms with van der Waals surface area (Å²) < 4.78 is 6.81. The molecule has 8 nitrogen and oxygen atoms in total. The molecule has 0 aliphatic carbocycles. The number of hydrogen-bond donors (Lipinski definition) is 1. The Morgan fingerprint density at radius 1 is 1.00 bits per heavy atom. The Morgan fingerprint density at radius 3 is 2.58 bits per heavy atom. The molecule has 1 amide bonds. The summed E-state index contributed by atoms with van der Waals surface area (Å²) in [6.07, 6.45) is 1.52. The number of pyridine rings is 1. The molecule has 0 aliphatic heterocycles. The van der Waals surface area contributed by atoms with Crippen LogP contribution in [0.5, 0.6) is 5.75 Å². The Bertz CT molecular complexity index is 1450. The van der Waals surface area contributed by atoms with Crippen molar-refractivity contribution in [3.8, 4) is 22.7 Å². The maximum atomic E-state index is 13.4. The Morgan fingerprint density at radius 2 is 1.82 bits per heavy atom. The van der Waals surface area contributed by atoms with E-state index in [-0.39, 0.29) is 5.91 Å². The second-order valence-corrected chi connectivity index (χ2v) is 7.51. The van der Waals surface area contributed by atoms with Gasteiger partial charge in [0.2, 0.25) is 0 Å². The van der Waals surface area contributed by atoms with Gasteiger partial charge in [-0.2, -0.15) is 0 Å². The Balaban J connectivity index is 1.54. The van der Waals surface area contributed by atoms with Gasteiger partial charge in [-0.25, -0.2) is 9.67 Å². The number of anilines is 1. The van der Waals surface area contributed by atoms with Crippen LogP contribution < -0.4 is 10.1 Å². The molecule has 2 heterocycles. The zero-order valence-corrected chi connectivity index (χ0v) is 18.1. The first-order valence-electron chi connectivity index (χ1n) is 10.3. The predicted molar refractivity (Wildman–Crippen MR) is 126 cm³/mol. The maximum absolute atomic E-state index is 13.4. The number of carbonyl (C=O) groups is 1. The van der Waals surface area contributed by atoms with Crippen molar-refractivity contribution in [2.75, 3.05) is 12.4 Å². The molecule has 0 saturated carbocycles. The third-order valence-electron chi connectivity index (χ3n) is 5.41. The van der Waals surface area contributed by atoms with Crippen molar-refractivity contribution in [2.24, 2.45) is 0 Å². The number of nitrogens with zero attached hydrogens (tertiary/aromatic N) is 5. The predicted octanol–water partition coefficient (Wildman–Crippen LogP) is 4.45. The number of aromatic nitrogens is 5. The highest BCUT2D eigenvalue weighted by atomic mass is 16.5. The number of amides is 1. The van der Waals surface area contributed by atoms with Gasteiger partial charge in [0.25, 0.3) is 5.91 Å². The second kappa shape index (κ2) is 8.51.